The second-order valence-electron chi connectivity index (χ2n) is 5.73. The summed E-state index contributed by atoms with van der Waals surface area (Å²) in [5, 5.41) is 10.3. The SMILES string of the molecule is CCc1noc(C)c1NC(=O)C[C@@H](C)C1CCNCC1. The van der Waals surface area contributed by atoms with Gasteiger partial charge in [0.15, 0.2) is 5.76 Å². The van der Waals surface area contributed by atoms with Crippen molar-refractivity contribution in [2.75, 3.05) is 18.4 Å². The minimum Gasteiger partial charge on any atom is -0.359 e. The number of aryl methyl sites for hydroxylation is 2. The Hall–Kier alpha value is -1.36. The highest BCUT2D eigenvalue weighted by molar-refractivity contribution is 5.91. The van der Waals surface area contributed by atoms with Crippen LogP contribution in [-0.4, -0.2) is 24.2 Å². The van der Waals surface area contributed by atoms with Gasteiger partial charge < -0.3 is 15.2 Å². The standard InChI is InChI=1S/C15H25N3O2/c1-4-13-15(11(3)20-18-13)17-14(19)9-10(2)12-5-7-16-8-6-12/h10,12,16H,4-9H2,1-3H3,(H,17,19)/t10-/m1/s1. The smallest absolute Gasteiger partial charge is 0.224 e. The Morgan fingerprint density at radius 2 is 2.20 bits per heavy atom. The average molecular weight is 279 g/mol. The van der Waals surface area contributed by atoms with E-state index in [2.05, 4.69) is 22.7 Å². The molecule has 20 heavy (non-hydrogen) atoms. The normalized spacial score (nSPS) is 17.9. The van der Waals surface area contributed by atoms with E-state index in [-0.39, 0.29) is 5.91 Å². The molecule has 0 radical (unpaired) electrons. The Kier molecular flexibility index (Phi) is 5.17. The van der Waals surface area contributed by atoms with Gasteiger partial charge in [0.25, 0.3) is 0 Å². The number of carbonyl (C=O) groups is 1. The highest BCUT2D eigenvalue weighted by atomic mass is 16.5. The van der Waals surface area contributed by atoms with Crippen molar-refractivity contribution in [2.24, 2.45) is 11.8 Å². The lowest BCUT2D eigenvalue weighted by molar-refractivity contribution is -0.117. The zero-order valence-corrected chi connectivity index (χ0v) is 12.7. The van der Waals surface area contributed by atoms with E-state index in [1.54, 1.807) is 0 Å². The number of carbonyl (C=O) groups excluding carboxylic acids is 1. The molecule has 1 amide bonds. The molecule has 1 atom stereocenters. The van der Waals surface area contributed by atoms with E-state index in [0.29, 0.717) is 24.0 Å². The van der Waals surface area contributed by atoms with E-state index in [9.17, 15) is 4.79 Å². The van der Waals surface area contributed by atoms with E-state index in [0.717, 1.165) is 30.9 Å². The van der Waals surface area contributed by atoms with Gasteiger partial charge in [0.2, 0.25) is 5.91 Å². The Morgan fingerprint density at radius 3 is 2.85 bits per heavy atom. The fourth-order valence-corrected chi connectivity index (χ4v) is 2.88. The summed E-state index contributed by atoms with van der Waals surface area (Å²) in [5.74, 6) is 1.82. The lowest BCUT2D eigenvalue weighted by Gasteiger charge is -2.27. The van der Waals surface area contributed by atoms with E-state index < -0.39 is 0 Å². The van der Waals surface area contributed by atoms with Gasteiger partial charge in [-0.05, 0) is 51.1 Å². The van der Waals surface area contributed by atoms with Crippen LogP contribution in [0.4, 0.5) is 5.69 Å². The van der Waals surface area contributed by atoms with Gasteiger partial charge in [-0.25, -0.2) is 0 Å². The van der Waals surface area contributed by atoms with E-state index >= 15 is 0 Å². The first-order chi connectivity index (χ1) is 9.61. The predicted molar refractivity (Wildman–Crippen MR) is 78.6 cm³/mol. The number of nitrogens with one attached hydrogen (secondary N) is 2. The third-order valence-electron chi connectivity index (χ3n) is 4.23. The summed E-state index contributed by atoms with van der Waals surface area (Å²) in [6.45, 7) is 8.15. The molecule has 0 unspecified atom stereocenters. The fraction of sp³-hybridized carbons (Fsp3) is 0.733. The molecule has 1 aromatic rings. The molecular weight excluding hydrogens is 254 g/mol. The van der Waals surface area contributed by atoms with E-state index in [4.69, 9.17) is 4.52 Å². The van der Waals surface area contributed by atoms with Crippen molar-refractivity contribution in [2.45, 2.75) is 46.5 Å². The van der Waals surface area contributed by atoms with Crippen LogP contribution in [0.1, 0.15) is 44.6 Å². The van der Waals surface area contributed by atoms with Crippen LogP contribution in [0.2, 0.25) is 0 Å². The lowest BCUT2D eigenvalue weighted by Crippen LogP contribution is -2.32. The van der Waals surface area contributed by atoms with Gasteiger partial charge in [-0.2, -0.15) is 0 Å². The molecule has 0 saturated carbocycles. The first kappa shape index (κ1) is 15.0. The molecule has 1 aromatic heterocycles. The lowest BCUT2D eigenvalue weighted by atomic mass is 9.84. The van der Waals surface area contributed by atoms with Crippen molar-refractivity contribution in [3.05, 3.63) is 11.5 Å². The summed E-state index contributed by atoms with van der Waals surface area (Å²) >= 11 is 0. The molecule has 0 aliphatic carbocycles. The van der Waals surface area contributed by atoms with Gasteiger partial charge in [-0.3, -0.25) is 4.79 Å². The second-order valence-corrected chi connectivity index (χ2v) is 5.73. The summed E-state index contributed by atoms with van der Waals surface area (Å²) in [6.07, 6.45) is 3.66. The molecule has 1 aliphatic heterocycles. The van der Waals surface area contributed by atoms with Crippen molar-refractivity contribution < 1.29 is 9.32 Å². The van der Waals surface area contributed by atoms with Crippen LogP contribution in [0.25, 0.3) is 0 Å². The third kappa shape index (κ3) is 3.60. The van der Waals surface area contributed by atoms with Crippen LogP contribution in [0, 0.1) is 18.8 Å². The zero-order chi connectivity index (χ0) is 14.5. The number of nitrogens with zero attached hydrogens (tertiary/aromatic N) is 1. The van der Waals surface area contributed by atoms with Crippen LogP contribution in [0.3, 0.4) is 0 Å². The number of amides is 1. The van der Waals surface area contributed by atoms with Crippen molar-refractivity contribution in [3.63, 3.8) is 0 Å². The topological polar surface area (TPSA) is 67.2 Å². The maximum absolute atomic E-state index is 12.2. The van der Waals surface area contributed by atoms with Gasteiger partial charge in [0, 0.05) is 6.42 Å². The van der Waals surface area contributed by atoms with Crippen molar-refractivity contribution in [1.29, 1.82) is 0 Å². The van der Waals surface area contributed by atoms with Crippen molar-refractivity contribution in [3.8, 4) is 0 Å². The number of hydrogen-bond acceptors (Lipinski definition) is 4. The molecule has 1 aliphatic rings. The molecule has 1 fully saturated rings. The summed E-state index contributed by atoms with van der Waals surface area (Å²) in [4.78, 5) is 12.2. The van der Waals surface area contributed by atoms with Gasteiger partial charge in [0.1, 0.15) is 11.4 Å². The molecule has 0 spiro atoms. The van der Waals surface area contributed by atoms with Gasteiger partial charge in [-0.1, -0.05) is 19.0 Å². The van der Waals surface area contributed by atoms with Crippen molar-refractivity contribution in [1.82, 2.24) is 10.5 Å². The first-order valence-electron chi connectivity index (χ1n) is 7.57. The average Bonchev–Trinajstić information content (AvgIpc) is 2.80. The van der Waals surface area contributed by atoms with E-state index in [1.165, 1.54) is 12.8 Å². The van der Waals surface area contributed by atoms with Gasteiger partial charge in [0.05, 0.1) is 0 Å². The molecule has 2 rings (SSSR count). The molecule has 2 heterocycles. The zero-order valence-electron chi connectivity index (χ0n) is 12.7. The Balaban J connectivity index is 1.89. The molecule has 112 valence electrons. The minimum absolute atomic E-state index is 0.0667. The molecule has 1 saturated heterocycles. The summed E-state index contributed by atoms with van der Waals surface area (Å²) < 4.78 is 5.14. The minimum atomic E-state index is 0.0667. The largest absolute Gasteiger partial charge is 0.359 e. The van der Waals surface area contributed by atoms with Crippen LogP contribution in [-0.2, 0) is 11.2 Å². The molecule has 2 N–H and O–H groups in total. The summed E-state index contributed by atoms with van der Waals surface area (Å²) in [5.41, 5.74) is 1.58. The second kappa shape index (κ2) is 6.88. The highest BCUT2D eigenvalue weighted by Crippen LogP contribution is 2.26. The van der Waals surface area contributed by atoms with E-state index in [1.807, 2.05) is 13.8 Å². The number of hydrogen-bond donors (Lipinski definition) is 2. The van der Waals surface area contributed by atoms with Crippen LogP contribution >= 0.6 is 0 Å². The number of piperidine rings is 1. The maximum atomic E-state index is 12.2. The van der Waals surface area contributed by atoms with Crippen molar-refractivity contribution >= 4 is 11.6 Å². The number of anilines is 1. The predicted octanol–water partition coefficient (Wildman–Crippen LogP) is 2.51. The Labute approximate surface area is 120 Å². The molecule has 5 heteroatoms. The Bertz CT molecular complexity index is 450. The maximum Gasteiger partial charge on any atom is 0.224 e. The molecule has 0 bridgehead atoms. The summed E-state index contributed by atoms with van der Waals surface area (Å²) in [6, 6.07) is 0. The molecule has 0 aromatic carbocycles. The van der Waals surface area contributed by atoms with Crippen LogP contribution in [0.15, 0.2) is 4.52 Å². The van der Waals surface area contributed by atoms with Crippen LogP contribution in [0.5, 0.6) is 0 Å². The monoisotopic (exact) mass is 279 g/mol. The highest BCUT2D eigenvalue weighted by Gasteiger charge is 2.23. The first-order valence-corrected chi connectivity index (χ1v) is 7.57. The quantitative estimate of drug-likeness (QED) is 0.869. The van der Waals surface area contributed by atoms with Crippen LogP contribution < -0.4 is 10.6 Å². The number of rotatable bonds is 5. The third-order valence-corrected chi connectivity index (χ3v) is 4.23. The molecule has 5 nitrogen and oxygen atoms in total. The Morgan fingerprint density at radius 1 is 1.50 bits per heavy atom. The van der Waals surface area contributed by atoms with Gasteiger partial charge >= 0.3 is 0 Å². The van der Waals surface area contributed by atoms with Gasteiger partial charge in [-0.15, -0.1) is 0 Å². The summed E-state index contributed by atoms with van der Waals surface area (Å²) in [7, 11) is 0. The molecular formula is C15H25N3O2. The fourth-order valence-electron chi connectivity index (χ4n) is 2.88. The number of aromatic nitrogens is 1.